The smallest absolute Gasteiger partial charge is 0.236 e. The van der Waals surface area contributed by atoms with Gasteiger partial charge in [-0.1, -0.05) is 104 Å². The van der Waals surface area contributed by atoms with Crippen molar-refractivity contribution in [3.05, 3.63) is 108 Å². The Balaban J connectivity index is 0.000000714. The Morgan fingerprint density at radius 1 is 0.902 bits per heavy atom. The molecule has 4 aromatic carbocycles. The lowest BCUT2D eigenvalue weighted by Crippen LogP contribution is -2.42. The van der Waals surface area contributed by atoms with Crippen molar-refractivity contribution >= 4 is 22.6 Å². The number of amides is 2. The van der Waals surface area contributed by atoms with Crippen molar-refractivity contribution in [2.45, 2.75) is 45.2 Å². The second kappa shape index (κ2) is 15.7. The summed E-state index contributed by atoms with van der Waals surface area (Å²) in [6, 6.07) is 33.0. The number of rotatable bonds is 9. The molecule has 4 aromatic rings. The molecule has 1 aliphatic heterocycles. The lowest BCUT2D eigenvalue weighted by atomic mass is 10.0. The van der Waals surface area contributed by atoms with Crippen molar-refractivity contribution in [2.24, 2.45) is 5.73 Å². The molecule has 1 fully saturated rings. The molecule has 1 heterocycles. The van der Waals surface area contributed by atoms with Gasteiger partial charge in [0.25, 0.3) is 0 Å². The zero-order valence-corrected chi connectivity index (χ0v) is 24.0. The van der Waals surface area contributed by atoms with Crippen LogP contribution in [-0.4, -0.2) is 48.9 Å². The predicted molar refractivity (Wildman–Crippen MR) is 168 cm³/mol. The van der Waals surface area contributed by atoms with Crippen LogP contribution in [0.5, 0.6) is 0 Å². The summed E-state index contributed by atoms with van der Waals surface area (Å²) in [5.74, 6) is 0.0864. The number of nitrogens with zero attached hydrogens (tertiary/aromatic N) is 1. The first-order valence-electron chi connectivity index (χ1n) is 14.7. The highest BCUT2D eigenvalue weighted by atomic mass is 16.2. The van der Waals surface area contributed by atoms with Crippen LogP contribution < -0.4 is 16.4 Å². The van der Waals surface area contributed by atoms with Crippen LogP contribution in [0.3, 0.4) is 0 Å². The fourth-order valence-electron chi connectivity index (χ4n) is 4.92. The van der Waals surface area contributed by atoms with E-state index in [4.69, 9.17) is 5.73 Å². The third-order valence-electron chi connectivity index (χ3n) is 7.36. The summed E-state index contributed by atoms with van der Waals surface area (Å²) in [7, 11) is 0. The molecule has 1 unspecified atom stereocenters. The summed E-state index contributed by atoms with van der Waals surface area (Å²) < 4.78 is 0. The zero-order chi connectivity index (χ0) is 28.9. The fraction of sp³-hybridized carbons (Fsp3) is 0.314. The number of carbonyl (C=O) groups is 2. The van der Waals surface area contributed by atoms with E-state index in [1.165, 1.54) is 23.6 Å². The second-order valence-electron chi connectivity index (χ2n) is 10.5. The number of benzene rings is 4. The maximum atomic E-state index is 12.7. The average Bonchev–Trinajstić information content (AvgIpc) is 3.18. The Kier molecular flexibility index (Phi) is 11.5. The number of carbonyl (C=O) groups excluding carboxylic acids is 2. The van der Waals surface area contributed by atoms with Crippen LogP contribution in [0.4, 0.5) is 0 Å². The molecule has 6 heteroatoms. The fourth-order valence-corrected chi connectivity index (χ4v) is 4.92. The topological polar surface area (TPSA) is 87.5 Å². The van der Waals surface area contributed by atoms with Gasteiger partial charge >= 0.3 is 0 Å². The van der Waals surface area contributed by atoms with Crippen LogP contribution in [0.1, 0.15) is 37.3 Å². The molecule has 1 saturated heterocycles. The van der Waals surface area contributed by atoms with Crippen molar-refractivity contribution in [2.75, 3.05) is 26.2 Å². The van der Waals surface area contributed by atoms with Gasteiger partial charge in [0, 0.05) is 25.7 Å². The molecule has 2 amide bonds. The molecule has 6 nitrogen and oxygen atoms in total. The van der Waals surface area contributed by atoms with Gasteiger partial charge in [0.2, 0.25) is 11.8 Å². The molecule has 214 valence electrons. The largest absolute Gasteiger partial charge is 0.354 e. The van der Waals surface area contributed by atoms with E-state index >= 15 is 0 Å². The summed E-state index contributed by atoms with van der Waals surface area (Å²) in [5, 5.41) is 8.75. The quantitative estimate of drug-likeness (QED) is 0.264. The monoisotopic (exact) mass is 550 g/mol. The average molecular weight is 551 g/mol. The number of nitrogens with one attached hydrogen (secondary N) is 2. The predicted octanol–water partition coefficient (Wildman–Crippen LogP) is 5.30. The third kappa shape index (κ3) is 9.27. The summed E-state index contributed by atoms with van der Waals surface area (Å²) >= 11 is 0. The number of nitrogens with two attached hydrogens (primary N) is 1. The van der Waals surface area contributed by atoms with E-state index in [0.717, 1.165) is 35.2 Å². The highest BCUT2D eigenvalue weighted by Gasteiger charge is 2.22. The Hall–Kier alpha value is -4.00. The maximum absolute atomic E-state index is 12.7. The third-order valence-corrected chi connectivity index (χ3v) is 7.36. The molecule has 41 heavy (non-hydrogen) atoms. The first-order valence-corrected chi connectivity index (χ1v) is 14.7. The van der Waals surface area contributed by atoms with Crippen LogP contribution in [-0.2, 0) is 22.6 Å². The van der Waals surface area contributed by atoms with Crippen molar-refractivity contribution in [3.8, 4) is 11.1 Å². The minimum Gasteiger partial charge on any atom is -0.354 e. The van der Waals surface area contributed by atoms with Gasteiger partial charge in [-0.3, -0.25) is 9.59 Å². The molecular weight excluding hydrogens is 508 g/mol. The number of hydrogen-bond acceptors (Lipinski definition) is 4. The van der Waals surface area contributed by atoms with Crippen molar-refractivity contribution in [1.82, 2.24) is 15.5 Å². The molecule has 0 saturated carbocycles. The highest BCUT2D eigenvalue weighted by molar-refractivity contribution is 5.83. The maximum Gasteiger partial charge on any atom is 0.236 e. The minimum absolute atomic E-state index is 0.00662. The SMILES string of the molecule is CCCCN.O=C(Cc1ccc(-c2ccccc2)cc1)NCC1CCN(Cc2ccc3ccccc3c2)C(=O)CN1. The Morgan fingerprint density at radius 2 is 1.59 bits per heavy atom. The molecule has 1 atom stereocenters. The molecule has 1 aliphatic rings. The lowest BCUT2D eigenvalue weighted by molar-refractivity contribution is -0.130. The van der Waals surface area contributed by atoms with Crippen molar-refractivity contribution in [1.29, 1.82) is 0 Å². The van der Waals surface area contributed by atoms with Crippen LogP contribution >= 0.6 is 0 Å². The van der Waals surface area contributed by atoms with Crippen molar-refractivity contribution in [3.63, 3.8) is 0 Å². The van der Waals surface area contributed by atoms with E-state index in [-0.39, 0.29) is 24.4 Å². The van der Waals surface area contributed by atoms with E-state index in [0.29, 0.717) is 26.1 Å². The number of unbranched alkanes of at least 4 members (excludes halogenated alkanes) is 1. The standard InChI is InChI=1S/C31H31N3O2.C4H11N/c35-30(19-23-10-13-27(14-11-23)25-6-2-1-3-7-25)33-20-29-16-17-34(31(36)21-32-29)22-24-12-15-26-8-4-5-9-28(26)18-24;1-2-3-4-5/h1-15,18,29,32H,16-17,19-22H2,(H,33,35);2-5H2,1H3. The molecular formula is C35H42N4O2. The Labute approximate surface area is 243 Å². The second-order valence-corrected chi connectivity index (χ2v) is 10.5. The summed E-state index contributed by atoms with van der Waals surface area (Å²) in [4.78, 5) is 27.2. The van der Waals surface area contributed by atoms with Gasteiger partial charge in [-0.15, -0.1) is 0 Å². The van der Waals surface area contributed by atoms with E-state index in [2.05, 4.69) is 72.2 Å². The van der Waals surface area contributed by atoms with Crippen LogP contribution in [0, 0.1) is 0 Å². The molecule has 0 spiro atoms. The number of fused-ring (bicyclic) bond motifs is 1. The summed E-state index contributed by atoms with van der Waals surface area (Å²) in [5.41, 5.74) is 9.56. The van der Waals surface area contributed by atoms with E-state index in [9.17, 15) is 9.59 Å². The van der Waals surface area contributed by atoms with Gasteiger partial charge in [-0.25, -0.2) is 0 Å². The van der Waals surface area contributed by atoms with E-state index in [1.807, 2.05) is 47.4 Å². The van der Waals surface area contributed by atoms with E-state index in [1.54, 1.807) is 0 Å². The van der Waals surface area contributed by atoms with Crippen LogP contribution in [0.25, 0.3) is 21.9 Å². The highest BCUT2D eigenvalue weighted by Crippen LogP contribution is 2.20. The molecule has 0 aliphatic carbocycles. The van der Waals surface area contributed by atoms with Crippen LogP contribution in [0.2, 0.25) is 0 Å². The van der Waals surface area contributed by atoms with Gasteiger partial charge in [0.1, 0.15) is 0 Å². The first-order chi connectivity index (χ1) is 20.1. The Bertz CT molecular complexity index is 1390. The summed E-state index contributed by atoms with van der Waals surface area (Å²) in [6.07, 6.45) is 3.52. The zero-order valence-electron chi connectivity index (χ0n) is 24.0. The summed E-state index contributed by atoms with van der Waals surface area (Å²) in [6.45, 7) is 5.04. The van der Waals surface area contributed by atoms with E-state index < -0.39 is 0 Å². The van der Waals surface area contributed by atoms with Crippen molar-refractivity contribution < 1.29 is 9.59 Å². The minimum atomic E-state index is -0.00662. The van der Waals surface area contributed by atoms with Gasteiger partial charge in [0.15, 0.2) is 0 Å². The van der Waals surface area contributed by atoms with Gasteiger partial charge in [0.05, 0.1) is 13.0 Å². The van der Waals surface area contributed by atoms with Gasteiger partial charge in [-0.2, -0.15) is 0 Å². The number of hydrogen-bond donors (Lipinski definition) is 3. The molecule has 0 bridgehead atoms. The first kappa shape index (κ1) is 30.0. The Morgan fingerprint density at radius 3 is 2.29 bits per heavy atom. The lowest BCUT2D eigenvalue weighted by Gasteiger charge is -2.21. The molecule has 4 N–H and O–H groups in total. The van der Waals surface area contributed by atoms with Gasteiger partial charge < -0.3 is 21.3 Å². The molecule has 5 rings (SSSR count). The van der Waals surface area contributed by atoms with Crippen LogP contribution in [0.15, 0.2) is 97.1 Å². The molecule has 0 aromatic heterocycles. The normalized spacial score (nSPS) is 15.1. The molecule has 0 radical (unpaired) electrons. The van der Waals surface area contributed by atoms with Gasteiger partial charge in [-0.05, 0) is 58.5 Å².